The average molecular weight is 187 g/mol. The first-order valence-electron chi connectivity index (χ1n) is 4.22. The first-order valence-corrected chi connectivity index (χ1v) is 4.22. The van der Waals surface area contributed by atoms with Crippen LogP contribution in [0.1, 0.15) is 0 Å². The predicted molar refractivity (Wildman–Crippen MR) is 52.3 cm³/mol. The molecule has 1 nitrogen and oxygen atoms in total. The zero-order chi connectivity index (χ0) is 9.97. The summed E-state index contributed by atoms with van der Waals surface area (Å²) in [5, 5.41) is 9.51. The minimum atomic E-state index is -0.282. The van der Waals surface area contributed by atoms with Crippen molar-refractivity contribution in [2.45, 2.75) is 0 Å². The minimum absolute atomic E-state index is 0.152. The average Bonchev–Trinajstić information content (AvgIpc) is 2.20. The summed E-state index contributed by atoms with van der Waals surface area (Å²) in [5.41, 5.74) is 1.47. The van der Waals surface area contributed by atoms with Gasteiger partial charge in [-0.2, -0.15) is 0 Å². The second-order valence-electron chi connectivity index (χ2n) is 2.95. The molecule has 0 saturated heterocycles. The maximum atomic E-state index is 12.6. The zero-order valence-electron chi connectivity index (χ0n) is 7.37. The Balaban J connectivity index is 2.50. The van der Waals surface area contributed by atoms with E-state index in [9.17, 15) is 9.50 Å². The molecule has 0 atom stereocenters. The SMILES string of the molecule is Oc1c[c]ccc1-c1ccc(F)cc1. The van der Waals surface area contributed by atoms with Crippen molar-refractivity contribution in [2.75, 3.05) is 0 Å². The number of halogens is 1. The van der Waals surface area contributed by atoms with Crippen LogP contribution in [-0.2, 0) is 0 Å². The van der Waals surface area contributed by atoms with Gasteiger partial charge < -0.3 is 5.11 Å². The van der Waals surface area contributed by atoms with Gasteiger partial charge in [-0.05, 0) is 29.8 Å². The molecule has 0 aliphatic rings. The molecular formula is C12H8FO. The van der Waals surface area contributed by atoms with Crippen molar-refractivity contribution in [1.29, 1.82) is 0 Å². The lowest BCUT2D eigenvalue weighted by Gasteiger charge is -2.03. The third-order valence-corrected chi connectivity index (χ3v) is 2.00. The molecule has 0 spiro atoms. The largest absolute Gasteiger partial charge is 0.507 e. The Kier molecular flexibility index (Phi) is 2.19. The lowest BCUT2D eigenvalue weighted by atomic mass is 10.1. The van der Waals surface area contributed by atoms with Crippen LogP contribution in [-0.4, -0.2) is 5.11 Å². The highest BCUT2D eigenvalue weighted by molar-refractivity contribution is 5.69. The summed E-state index contributed by atoms with van der Waals surface area (Å²) in [6.07, 6.45) is 0. The summed E-state index contributed by atoms with van der Waals surface area (Å²) in [5.74, 6) is -0.130. The molecule has 0 unspecified atom stereocenters. The lowest BCUT2D eigenvalue weighted by Crippen LogP contribution is -1.79. The van der Waals surface area contributed by atoms with E-state index in [0.29, 0.717) is 5.56 Å². The smallest absolute Gasteiger partial charge is 0.124 e. The van der Waals surface area contributed by atoms with Crippen LogP contribution in [0.25, 0.3) is 11.1 Å². The standard InChI is InChI=1S/C12H8FO/c13-10-7-5-9(6-8-10)11-3-1-2-4-12(11)14/h1,3-8,14H. The second kappa shape index (κ2) is 3.50. The van der Waals surface area contributed by atoms with E-state index in [1.807, 2.05) is 0 Å². The van der Waals surface area contributed by atoms with Crippen LogP contribution >= 0.6 is 0 Å². The number of hydrogen-bond acceptors (Lipinski definition) is 1. The van der Waals surface area contributed by atoms with Crippen LogP contribution in [0.2, 0.25) is 0 Å². The van der Waals surface area contributed by atoms with Gasteiger partial charge in [0.1, 0.15) is 11.6 Å². The van der Waals surface area contributed by atoms with Crippen molar-refractivity contribution >= 4 is 0 Å². The summed E-state index contributed by atoms with van der Waals surface area (Å²) in [4.78, 5) is 0. The molecule has 2 heteroatoms. The maximum Gasteiger partial charge on any atom is 0.124 e. The van der Waals surface area contributed by atoms with Crippen molar-refractivity contribution in [2.24, 2.45) is 0 Å². The molecule has 14 heavy (non-hydrogen) atoms. The number of phenols is 1. The number of phenolic OH excluding ortho intramolecular Hbond substituents is 1. The van der Waals surface area contributed by atoms with Crippen LogP contribution in [0.5, 0.6) is 5.75 Å². The van der Waals surface area contributed by atoms with E-state index >= 15 is 0 Å². The third-order valence-electron chi connectivity index (χ3n) is 2.00. The Morgan fingerprint density at radius 2 is 1.79 bits per heavy atom. The fourth-order valence-corrected chi connectivity index (χ4v) is 1.30. The second-order valence-corrected chi connectivity index (χ2v) is 2.95. The highest BCUT2D eigenvalue weighted by atomic mass is 19.1. The topological polar surface area (TPSA) is 20.2 Å². The van der Waals surface area contributed by atoms with Crippen LogP contribution in [0.3, 0.4) is 0 Å². The van der Waals surface area contributed by atoms with Crippen molar-refractivity contribution in [1.82, 2.24) is 0 Å². The van der Waals surface area contributed by atoms with Crippen molar-refractivity contribution in [3.63, 3.8) is 0 Å². The summed E-state index contributed by atoms with van der Waals surface area (Å²) >= 11 is 0. The minimum Gasteiger partial charge on any atom is -0.507 e. The van der Waals surface area contributed by atoms with Crippen LogP contribution in [0, 0.1) is 11.9 Å². The lowest BCUT2D eigenvalue weighted by molar-refractivity contribution is 0.477. The van der Waals surface area contributed by atoms with Gasteiger partial charge in [0.2, 0.25) is 0 Å². The Morgan fingerprint density at radius 1 is 1.07 bits per heavy atom. The first-order chi connectivity index (χ1) is 6.77. The molecule has 0 heterocycles. The van der Waals surface area contributed by atoms with Crippen molar-refractivity contribution in [3.05, 3.63) is 54.3 Å². The van der Waals surface area contributed by atoms with Gasteiger partial charge in [-0.15, -0.1) is 0 Å². The zero-order valence-corrected chi connectivity index (χ0v) is 7.37. The van der Waals surface area contributed by atoms with Gasteiger partial charge in [-0.25, -0.2) is 4.39 Å². The van der Waals surface area contributed by atoms with E-state index in [-0.39, 0.29) is 11.6 Å². The molecule has 1 N–H and O–H groups in total. The van der Waals surface area contributed by atoms with Gasteiger partial charge in [-0.1, -0.05) is 24.3 Å². The molecule has 2 aromatic rings. The monoisotopic (exact) mass is 187 g/mol. The number of aromatic hydroxyl groups is 1. The molecule has 0 amide bonds. The van der Waals surface area contributed by atoms with Crippen molar-refractivity contribution in [3.8, 4) is 16.9 Å². The molecule has 2 aromatic carbocycles. The molecule has 0 aliphatic carbocycles. The van der Waals surface area contributed by atoms with E-state index in [0.717, 1.165) is 5.56 Å². The summed E-state index contributed by atoms with van der Waals surface area (Å²) < 4.78 is 12.6. The molecule has 0 bridgehead atoms. The Morgan fingerprint density at radius 3 is 2.43 bits per heavy atom. The van der Waals surface area contributed by atoms with Crippen LogP contribution in [0.4, 0.5) is 4.39 Å². The van der Waals surface area contributed by atoms with Gasteiger partial charge >= 0.3 is 0 Å². The fourth-order valence-electron chi connectivity index (χ4n) is 1.30. The normalized spacial score (nSPS) is 10.1. The van der Waals surface area contributed by atoms with Crippen LogP contribution < -0.4 is 0 Å². The van der Waals surface area contributed by atoms with Crippen molar-refractivity contribution < 1.29 is 9.50 Å². The molecule has 69 valence electrons. The quantitative estimate of drug-likeness (QED) is 0.727. The molecule has 0 aromatic heterocycles. The Bertz CT molecular complexity index is 434. The maximum absolute atomic E-state index is 12.6. The van der Waals surface area contributed by atoms with Gasteiger partial charge in [0.05, 0.1) is 0 Å². The molecule has 0 saturated carbocycles. The third kappa shape index (κ3) is 1.59. The van der Waals surface area contributed by atoms with E-state index in [1.165, 1.54) is 18.2 Å². The molecule has 0 aliphatic heterocycles. The van der Waals surface area contributed by atoms with E-state index in [2.05, 4.69) is 6.07 Å². The van der Waals surface area contributed by atoms with Gasteiger partial charge in [0.15, 0.2) is 0 Å². The highest BCUT2D eigenvalue weighted by Gasteiger charge is 2.02. The van der Waals surface area contributed by atoms with Gasteiger partial charge in [0.25, 0.3) is 0 Å². The number of rotatable bonds is 1. The van der Waals surface area contributed by atoms with E-state index < -0.39 is 0 Å². The number of benzene rings is 2. The van der Waals surface area contributed by atoms with Gasteiger partial charge in [-0.3, -0.25) is 0 Å². The first kappa shape index (κ1) is 8.75. The van der Waals surface area contributed by atoms with Crippen LogP contribution in [0.15, 0.2) is 42.5 Å². The Labute approximate surface area is 81.4 Å². The Hall–Kier alpha value is -1.83. The van der Waals surface area contributed by atoms with E-state index in [1.54, 1.807) is 24.3 Å². The summed E-state index contributed by atoms with van der Waals surface area (Å²) in [6, 6.07) is 13.7. The highest BCUT2D eigenvalue weighted by Crippen LogP contribution is 2.27. The molecule has 1 radical (unpaired) electrons. The molecular weight excluding hydrogens is 179 g/mol. The van der Waals surface area contributed by atoms with E-state index in [4.69, 9.17) is 0 Å². The predicted octanol–water partition coefficient (Wildman–Crippen LogP) is 3.00. The number of hydrogen-bond donors (Lipinski definition) is 1. The summed E-state index contributed by atoms with van der Waals surface area (Å²) in [7, 11) is 0. The van der Waals surface area contributed by atoms with Gasteiger partial charge in [0, 0.05) is 5.56 Å². The summed E-state index contributed by atoms with van der Waals surface area (Å²) in [6.45, 7) is 0. The fraction of sp³-hybridized carbons (Fsp3) is 0. The molecule has 2 rings (SSSR count). The molecule has 0 fully saturated rings.